The van der Waals surface area contributed by atoms with Gasteiger partial charge in [0.05, 0.1) is 22.7 Å². The average Bonchev–Trinajstić information content (AvgIpc) is 2.15. The molecule has 1 aromatic carbocycles. The molecule has 4 heteroatoms. The van der Waals surface area contributed by atoms with Gasteiger partial charge in [0, 0.05) is 0 Å². The molecule has 15 heavy (non-hydrogen) atoms. The number of benzene rings is 1. The summed E-state index contributed by atoms with van der Waals surface area (Å²) in [6.45, 7) is 0.0156. The highest BCUT2D eigenvalue weighted by Crippen LogP contribution is 2.26. The van der Waals surface area contributed by atoms with Crippen LogP contribution in [0.2, 0.25) is 0 Å². The number of hydrogen-bond acceptors (Lipinski definition) is 1. The smallest absolute Gasteiger partial charge is 0.145 e. The maximum atomic E-state index is 13.5. The zero-order valence-electron chi connectivity index (χ0n) is 8.10. The van der Waals surface area contributed by atoms with Gasteiger partial charge in [-0.2, -0.15) is 0 Å². The van der Waals surface area contributed by atoms with E-state index in [-0.39, 0.29) is 22.7 Å². The normalized spacial score (nSPS) is 16.5. The third-order valence-corrected chi connectivity index (χ3v) is 3.27. The quantitative estimate of drug-likeness (QED) is 0.764. The number of rotatable bonds is 3. The maximum Gasteiger partial charge on any atom is 0.145 e. The lowest BCUT2D eigenvalue weighted by atomic mass is 9.96. The highest BCUT2D eigenvalue weighted by molar-refractivity contribution is 9.10. The minimum atomic E-state index is -0.561. The Labute approximate surface area is 95.6 Å². The minimum Gasteiger partial charge on any atom is -0.373 e. The first-order chi connectivity index (χ1) is 7.18. The lowest BCUT2D eigenvalue weighted by molar-refractivity contribution is -0.0110. The molecular formula is C11H11BrF2O. The van der Waals surface area contributed by atoms with Crippen LogP contribution in [0.5, 0.6) is 0 Å². The van der Waals surface area contributed by atoms with E-state index in [0.717, 1.165) is 19.3 Å². The third-order valence-electron chi connectivity index (χ3n) is 2.65. The lowest BCUT2D eigenvalue weighted by Gasteiger charge is -2.25. The monoisotopic (exact) mass is 276 g/mol. The molecule has 0 N–H and O–H groups in total. The molecule has 0 radical (unpaired) electrons. The van der Waals surface area contributed by atoms with Gasteiger partial charge < -0.3 is 4.74 Å². The summed E-state index contributed by atoms with van der Waals surface area (Å²) in [4.78, 5) is 0. The molecule has 82 valence electrons. The van der Waals surface area contributed by atoms with Crippen LogP contribution in [0.3, 0.4) is 0 Å². The van der Waals surface area contributed by atoms with Crippen molar-refractivity contribution < 1.29 is 13.5 Å². The van der Waals surface area contributed by atoms with E-state index < -0.39 is 11.6 Å². The summed E-state index contributed by atoms with van der Waals surface area (Å²) >= 11 is 3.02. The van der Waals surface area contributed by atoms with Crippen molar-refractivity contribution in [3.05, 3.63) is 33.8 Å². The molecule has 0 amide bonds. The molecule has 1 aliphatic carbocycles. The Morgan fingerprint density at radius 1 is 1.33 bits per heavy atom. The number of hydrogen-bond donors (Lipinski definition) is 0. The van der Waals surface area contributed by atoms with Crippen LogP contribution in [0.25, 0.3) is 0 Å². The highest BCUT2D eigenvalue weighted by atomic mass is 79.9. The second-order valence-corrected chi connectivity index (χ2v) is 4.54. The molecule has 1 aliphatic rings. The van der Waals surface area contributed by atoms with E-state index >= 15 is 0 Å². The van der Waals surface area contributed by atoms with Crippen LogP contribution < -0.4 is 0 Å². The topological polar surface area (TPSA) is 9.23 Å². The van der Waals surface area contributed by atoms with Gasteiger partial charge in [0.15, 0.2) is 0 Å². The van der Waals surface area contributed by atoms with Gasteiger partial charge in [-0.3, -0.25) is 0 Å². The van der Waals surface area contributed by atoms with Crippen molar-refractivity contribution in [3.8, 4) is 0 Å². The van der Waals surface area contributed by atoms with Crippen molar-refractivity contribution in [2.24, 2.45) is 0 Å². The average molecular weight is 277 g/mol. The molecule has 0 aromatic heterocycles. The predicted molar refractivity (Wildman–Crippen MR) is 56.5 cm³/mol. The van der Waals surface area contributed by atoms with Crippen molar-refractivity contribution in [2.45, 2.75) is 32.0 Å². The molecule has 0 saturated heterocycles. The first-order valence-corrected chi connectivity index (χ1v) is 5.72. The Morgan fingerprint density at radius 2 is 2.07 bits per heavy atom. The van der Waals surface area contributed by atoms with E-state index in [2.05, 4.69) is 15.9 Å². The molecule has 1 aromatic rings. The van der Waals surface area contributed by atoms with Gasteiger partial charge >= 0.3 is 0 Å². The van der Waals surface area contributed by atoms with Crippen molar-refractivity contribution >= 4 is 15.9 Å². The van der Waals surface area contributed by atoms with Gasteiger partial charge in [0.25, 0.3) is 0 Å². The molecule has 2 rings (SSSR count). The summed E-state index contributed by atoms with van der Waals surface area (Å²) in [6, 6.07) is 2.60. The first kappa shape index (κ1) is 11.0. The zero-order chi connectivity index (χ0) is 10.8. The molecule has 0 aliphatic heterocycles. The summed E-state index contributed by atoms with van der Waals surface area (Å²) < 4.78 is 32.4. The largest absolute Gasteiger partial charge is 0.373 e. The highest BCUT2D eigenvalue weighted by Gasteiger charge is 2.20. The van der Waals surface area contributed by atoms with E-state index in [9.17, 15) is 8.78 Å². The van der Waals surface area contributed by atoms with Gasteiger partial charge in [0.2, 0.25) is 0 Å². The van der Waals surface area contributed by atoms with E-state index in [4.69, 9.17) is 4.74 Å². The van der Waals surface area contributed by atoms with Crippen LogP contribution in [0.1, 0.15) is 24.8 Å². The number of halogens is 3. The molecule has 0 heterocycles. The fourth-order valence-corrected chi connectivity index (χ4v) is 1.81. The summed E-state index contributed by atoms with van der Waals surface area (Å²) in [5.41, 5.74) is 0.0104. The summed E-state index contributed by atoms with van der Waals surface area (Å²) in [7, 11) is 0. The van der Waals surface area contributed by atoms with Gasteiger partial charge in [0.1, 0.15) is 11.6 Å². The van der Waals surface area contributed by atoms with Gasteiger partial charge in [-0.05, 0) is 47.3 Å². The Morgan fingerprint density at radius 3 is 2.67 bits per heavy atom. The van der Waals surface area contributed by atoms with Crippen LogP contribution in [-0.2, 0) is 11.3 Å². The van der Waals surface area contributed by atoms with E-state index in [0.29, 0.717) is 0 Å². The molecular weight excluding hydrogens is 266 g/mol. The second-order valence-electron chi connectivity index (χ2n) is 3.69. The Balaban J connectivity index is 2.08. The van der Waals surface area contributed by atoms with Crippen LogP contribution in [0.4, 0.5) is 8.78 Å². The van der Waals surface area contributed by atoms with Crippen molar-refractivity contribution in [2.75, 3.05) is 0 Å². The fraction of sp³-hybridized carbons (Fsp3) is 0.455. The SMILES string of the molecule is Fc1ccc(Br)c(F)c1COC1CCC1. The van der Waals surface area contributed by atoms with Crippen LogP contribution >= 0.6 is 15.9 Å². The Hall–Kier alpha value is -0.480. The van der Waals surface area contributed by atoms with Crippen molar-refractivity contribution in [1.82, 2.24) is 0 Å². The second kappa shape index (κ2) is 4.58. The summed E-state index contributed by atoms with van der Waals surface area (Å²) in [5, 5.41) is 0. The van der Waals surface area contributed by atoms with Gasteiger partial charge in [-0.1, -0.05) is 0 Å². The molecule has 0 bridgehead atoms. The molecule has 1 nitrogen and oxygen atoms in total. The van der Waals surface area contributed by atoms with Crippen LogP contribution in [-0.4, -0.2) is 6.10 Å². The predicted octanol–water partition coefficient (Wildman–Crippen LogP) is 3.80. The molecule has 0 unspecified atom stereocenters. The molecule has 0 spiro atoms. The molecule has 1 fully saturated rings. The van der Waals surface area contributed by atoms with Gasteiger partial charge in [-0.25, -0.2) is 8.78 Å². The molecule has 0 atom stereocenters. The first-order valence-electron chi connectivity index (χ1n) is 4.92. The standard InChI is InChI=1S/C11H11BrF2O/c12-9-4-5-10(13)8(11(9)14)6-15-7-2-1-3-7/h4-5,7H,1-3,6H2. The van der Waals surface area contributed by atoms with Crippen LogP contribution in [0, 0.1) is 11.6 Å². The van der Waals surface area contributed by atoms with E-state index in [1.54, 1.807) is 0 Å². The third kappa shape index (κ3) is 2.37. The van der Waals surface area contributed by atoms with Gasteiger partial charge in [-0.15, -0.1) is 0 Å². The summed E-state index contributed by atoms with van der Waals surface area (Å²) in [5.74, 6) is -1.11. The zero-order valence-corrected chi connectivity index (χ0v) is 9.69. The van der Waals surface area contributed by atoms with E-state index in [1.807, 2.05) is 0 Å². The maximum absolute atomic E-state index is 13.5. The van der Waals surface area contributed by atoms with E-state index in [1.165, 1.54) is 12.1 Å². The van der Waals surface area contributed by atoms with Crippen molar-refractivity contribution in [3.63, 3.8) is 0 Å². The Bertz CT molecular complexity index is 364. The van der Waals surface area contributed by atoms with Crippen molar-refractivity contribution in [1.29, 1.82) is 0 Å². The molecule has 1 saturated carbocycles. The minimum absolute atomic E-state index is 0.0104. The summed E-state index contributed by atoms with van der Waals surface area (Å²) in [6.07, 6.45) is 3.32. The Kier molecular flexibility index (Phi) is 3.36. The lowest BCUT2D eigenvalue weighted by Crippen LogP contribution is -2.21. The fourth-order valence-electron chi connectivity index (χ4n) is 1.44. The number of ether oxygens (including phenoxy) is 1. The van der Waals surface area contributed by atoms with Crippen LogP contribution in [0.15, 0.2) is 16.6 Å².